The summed E-state index contributed by atoms with van der Waals surface area (Å²) < 4.78 is 25.6. The van der Waals surface area contributed by atoms with E-state index in [0.717, 1.165) is 24.9 Å². The van der Waals surface area contributed by atoms with E-state index in [4.69, 9.17) is 0 Å². The van der Waals surface area contributed by atoms with Crippen LogP contribution >= 0.6 is 0 Å². The molecule has 0 bridgehead atoms. The van der Waals surface area contributed by atoms with Crippen LogP contribution in [0.1, 0.15) is 30.9 Å². The molecule has 1 N–H and O–H groups in total. The average Bonchev–Trinajstić information content (AvgIpc) is 2.23. The highest BCUT2D eigenvalue weighted by Crippen LogP contribution is 2.23. The van der Waals surface area contributed by atoms with Crippen LogP contribution in [0.5, 0.6) is 0 Å². The predicted octanol–water partition coefficient (Wildman–Crippen LogP) is 2.78. The van der Waals surface area contributed by atoms with E-state index in [1.165, 1.54) is 18.6 Å². The zero-order valence-corrected chi connectivity index (χ0v) is 7.89. The molecular formula is C11H13F2N. The molecule has 0 amide bonds. The first-order valence-electron chi connectivity index (χ1n) is 4.96. The van der Waals surface area contributed by atoms with Crippen molar-refractivity contribution in [2.45, 2.75) is 25.3 Å². The summed E-state index contributed by atoms with van der Waals surface area (Å²) in [5.41, 5.74) is 0.851. The van der Waals surface area contributed by atoms with E-state index < -0.39 is 11.6 Å². The van der Waals surface area contributed by atoms with Gasteiger partial charge < -0.3 is 5.32 Å². The average molecular weight is 197 g/mol. The van der Waals surface area contributed by atoms with E-state index >= 15 is 0 Å². The van der Waals surface area contributed by atoms with Crippen LogP contribution in [0.2, 0.25) is 0 Å². The van der Waals surface area contributed by atoms with Gasteiger partial charge in [0.05, 0.1) is 0 Å². The van der Waals surface area contributed by atoms with Gasteiger partial charge in [0, 0.05) is 6.04 Å². The molecule has 1 nitrogen and oxygen atoms in total. The summed E-state index contributed by atoms with van der Waals surface area (Å²) >= 11 is 0. The van der Waals surface area contributed by atoms with Gasteiger partial charge in [-0.25, -0.2) is 8.78 Å². The van der Waals surface area contributed by atoms with Crippen molar-refractivity contribution in [3.63, 3.8) is 0 Å². The molecule has 1 aliphatic heterocycles. The lowest BCUT2D eigenvalue weighted by molar-refractivity contribution is 0.409. The molecule has 1 aromatic rings. The maximum Gasteiger partial charge on any atom is 0.159 e. The zero-order valence-electron chi connectivity index (χ0n) is 7.89. The summed E-state index contributed by atoms with van der Waals surface area (Å²) in [6.45, 7) is 0.962. The lowest BCUT2D eigenvalue weighted by atomic mass is 9.97. The minimum atomic E-state index is -0.774. The Balaban J connectivity index is 2.18. The topological polar surface area (TPSA) is 12.0 Å². The van der Waals surface area contributed by atoms with Crippen LogP contribution in [0.15, 0.2) is 18.2 Å². The lowest BCUT2D eigenvalue weighted by Gasteiger charge is -2.23. The Hall–Kier alpha value is -0.960. The molecule has 0 saturated carbocycles. The number of halogens is 2. The van der Waals surface area contributed by atoms with Gasteiger partial charge in [0.2, 0.25) is 0 Å². The molecule has 0 aliphatic carbocycles. The van der Waals surface area contributed by atoms with Gasteiger partial charge >= 0.3 is 0 Å². The second kappa shape index (κ2) is 4.05. The summed E-state index contributed by atoms with van der Waals surface area (Å²) in [4.78, 5) is 0. The Morgan fingerprint density at radius 3 is 2.64 bits per heavy atom. The van der Waals surface area contributed by atoms with Gasteiger partial charge in [0.15, 0.2) is 11.6 Å². The van der Waals surface area contributed by atoms with Crippen LogP contribution < -0.4 is 5.32 Å². The molecule has 2 rings (SSSR count). The molecule has 1 heterocycles. The monoisotopic (exact) mass is 197 g/mol. The summed E-state index contributed by atoms with van der Waals surface area (Å²) in [5.74, 6) is -1.53. The third-order valence-corrected chi connectivity index (χ3v) is 2.66. The Bertz CT molecular complexity index is 319. The van der Waals surface area contributed by atoms with Gasteiger partial charge in [0.25, 0.3) is 0 Å². The largest absolute Gasteiger partial charge is 0.310 e. The van der Waals surface area contributed by atoms with Crippen molar-refractivity contribution in [1.29, 1.82) is 0 Å². The fourth-order valence-electron chi connectivity index (χ4n) is 1.87. The number of hydrogen-bond donors (Lipinski definition) is 1. The number of piperidine rings is 1. The Morgan fingerprint density at radius 1 is 1.14 bits per heavy atom. The van der Waals surface area contributed by atoms with Crippen molar-refractivity contribution in [2.24, 2.45) is 0 Å². The molecule has 1 atom stereocenters. The van der Waals surface area contributed by atoms with E-state index in [1.54, 1.807) is 6.07 Å². The van der Waals surface area contributed by atoms with E-state index in [-0.39, 0.29) is 6.04 Å². The molecule has 0 unspecified atom stereocenters. The van der Waals surface area contributed by atoms with Gasteiger partial charge in [-0.05, 0) is 37.1 Å². The van der Waals surface area contributed by atoms with Crippen LogP contribution in [-0.4, -0.2) is 6.54 Å². The Labute approximate surface area is 82.1 Å². The second-order valence-electron chi connectivity index (χ2n) is 3.68. The van der Waals surface area contributed by atoms with Crippen molar-refractivity contribution in [3.05, 3.63) is 35.4 Å². The highest BCUT2D eigenvalue weighted by atomic mass is 19.2. The molecule has 1 saturated heterocycles. The van der Waals surface area contributed by atoms with E-state index in [0.29, 0.717) is 0 Å². The van der Waals surface area contributed by atoms with E-state index in [1.807, 2.05) is 0 Å². The van der Waals surface area contributed by atoms with Gasteiger partial charge in [-0.3, -0.25) is 0 Å². The van der Waals surface area contributed by atoms with Gasteiger partial charge in [-0.15, -0.1) is 0 Å². The van der Waals surface area contributed by atoms with Gasteiger partial charge in [-0.2, -0.15) is 0 Å². The third-order valence-electron chi connectivity index (χ3n) is 2.66. The highest BCUT2D eigenvalue weighted by molar-refractivity contribution is 5.21. The Morgan fingerprint density at radius 2 is 2.00 bits per heavy atom. The lowest BCUT2D eigenvalue weighted by Crippen LogP contribution is -2.26. The zero-order chi connectivity index (χ0) is 9.97. The molecule has 0 spiro atoms. The van der Waals surface area contributed by atoms with Crippen molar-refractivity contribution in [3.8, 4) is 0 Å². The van der Waals surface area contributed by atoms with Crippen LogP contribution in [-0.2, 0) is 0 Å². The van der Waals surface area contributed by atoms with Crippen LogP contribution in [0.4, 0.5) is 8.78 Å². The first kappa shape index (κ1) is 9.59. The predicted molar refractivity (Wildman–Crippen MR) is 51.0 cm³/mol. The fourth-order valence-corrected chi connectivity index (χ4v) is 1.87. The van der Waals surface area contributed by atoms with Crippen LogP contribution in [0.25, 0.3) is 0 Å². The quantitative estimate of drug-likeness (QED) is 0.730. The fraction of sp³-hybridized carbons (Fsp3) is 0.455. The molecule has 0 aromatic heterocycles. The first-order valence-corrected chi connectivity index (χ1v) is 4.96. The standard InChI is InChI=1S/C11H13F2N/c12-9-5-4-8(7-10(9)13)11-3-1-2-6-14-11/h4-5,7,11,14H,1-3,6H2/t11-/m1/s1. The number of nitrogens with one attached hydrogen (secondary N) is 1. The first-order chi connectivity index (χ1) is 6.77. The van der Waals surface area contributed by atoms with Crippen molar-refractivity contribution in [2.75, 3.05) is 6.54 Å². The maximum absolute atomic E-state index is 12.9. The highest BCUT2D eigenvalue weighted by Gasteiger charge is 2.15. The number of hydrogen-bond acceptors (Lipinski definition) is 1. The Kier molecular flexibility index (Phi) is 2.77. The summed E-state index contributed by atoms with van der Waals surface area (Å²) in [6, 6.07) is 4.33. The number of rotatable bonds is 1. The maximum atomic E-state index is 12.9. The summed E-state index contributed by atoms with van der Waals surface area (Å²) in [5, 5.41) is 3.29. The third kappa shape index (κ3) is 1.93. The van der Waals surface area contributed by atoms with Crippen LogP contribution in [0, 0.1) is 11.6 Å². The molecule has 1 aromatic carbocycles. The molecule has 76 valence electrons. The minimum Gasteiger partial charge on any atom is -0.310 e. The minimum absolute atomic E-state index is 0.193. The summed E-state index contributed by atoms with van der Waals surface area (Å²) in [6.07, 6.45) is 3.32. The molecular weight excluding hydrogens is 184 g/mol. The van der Waals surface area contributed by atoms with E-state index in [2.05, 4.69) is 5.32 Å². The van der Waals surface area contributed by atoms with E-state index in [9.17, 15) is 8.78 Å². The van der Waals surface area contributed by atoms with Crippen molar-refractivity contribution in [1.82, 2.24) is 5.32 Å². The van der Waals surface area contributed by atoms with Crippen molar-refractivity contribution >= 4 is 0 Å². The molecule has 1 fully saturated rings. The van der Waals surface area contributed by atoms with Crippen molar-refractivity contribution < 1.29 is 8.78 Å². The SMILES string of the molecule is Fc1ccc([C@H]2CCCCN2)cc1F. The van der Waals surface area contributed by atoms with Gasteiger partial charge in [0.1, 0.15) is 0 Å². The van der Waals surface area contributed by atoms with Crippen LogP contribution in [0.3, 0.4) is 0 Å². The number of benzene rings is 1. The molecule has 0 radical (unpaired) electrons. The molecule has 14 heavy (non-hydrogen) atoms. The molecule has 3 heteroatoms. The summed E-state index contributed by atoms with van der Waals surface area (Å²) in [7, 11) is 0. The molecule has 1 aliphatic rings. The van der Waals surface area contributed by atoms with Gasteiger partial charge in [-0.1, -0.05) is 12.5 Å². The normalized spacial score (nSPS) is 22.3. The second-order valence-corrected chi connectivity index (χ2v) is 3.68. The smallest absolute Gasteiger partial charge is 0.159 e.